The largest absolute Gasteiger partial charge is 0.285 e. The molecule has 1 atom stereocenters. The average molecular weight is 366 g/mol. The molecule has 3 aromatic rings. The fourth-order valence-electron chi connectivity index (χ4n) is 3.99. The van der Waals surface area contributed by atoms with Gasteiger partial charge in [-0.3, -0.25) is 4.90 Å². The maximum atomic E-state index is 13.1. The fraction of sp³-hybridized carbons (Fsp3) is 0.304. The maximum Gasteiger partial charge on any atom is 0.123 e. The quantitative estimate of drug-likeness (QED) is 0.573. The van der Waals surface area contributed by atoms with Crippen molar-refractivity contribution >= 4 is 23.4 Å². The standard InChI is InChI=1S/C23H24FNS/c24-22-11-7-18(8-12-22)13-16-25-15-4-3-14-23(25,26)21-10-9-19-5-1-2-6-20(19)17-21/h1-2,5-12,17,26H,3-4,13-16H2. The van der Waals surface area contributed by atoms with Gasteiger partial charge in [-0.2, -0.15) is 12.6 Å². The minimum absolute atomic E-state index is 0.175. The summed E-state index contributed by atoms with van der Waals surface area (Å²) in [5, 5.41) is 2.53. The van der Waals surface area contributed by atoms with E-state index in [1.807, 2.05) is 12.1 Å². The van der Waals surface area contributed by atoms with Crippen LogP contribution in [0, 0.1) is 5.82 Å². The molecule has 1 saturated heterocycles. The summed E-state index contributed by atoms with van der Waals surface area (Å²) >= 11 is 5.19. The lowest BCUT2D eigenvalue weighted by molar-refractivity contribution is 0.123. The van der Waals surface area contributed by atoms with E-state index < -0.39 is 0 Å². The topological polar surface area (TPSA) is 3.24 Å². The number of rotatable bonds is 4. The fourth-order valence-corrected chi connectivity index (χ4v) is 4.49. The molecule has 1 aliphatic rings. The highest BCUT2D eigenvalue weighted by atomic mass is 32.1. The van der Waals surface area contributed by atoms with E-state index >= 15 is 0 Å². The number of hydrogen-bond donors (Lipinski definition) is 1. The average Bonchev–Trinajstić information content (AvgIpc) is 2.68. The van der Waals surface area contributed by atoms with Crippen molar-refractivity contribution in [2.75, 3.05) is 13.1 Å². The van der Waals surface area contributed by atoms with Crippen molar-refractivity contribution in [3.05, 3.63) is 83.7 Å². The minimum atomic E-state index is -0.234. The molecular weight excluding hydrogens is 341 g/mol. The number of hydrogen-bond acceptors (Lipinski definition) is 2. The Labute approximate surface area is 160 Å². The highest BCUT2D eigenvalue weighted by molar-refractivity contribution is 7.81. The third kappa shape index (κ3) is 3.51. The Morgan fingerprint density at radius 2 is 1.69 bits per heavy atom. The highest BCUT2D eigenvalue weighted by Gasteiger charge is 2.36. The van der Waals surface area contributed by atoms with Gasteiger partial charge < -0.3 is 0 Å². The molecule has 0 N–H and O–H groups in total. The second kappa shape index (κ2) is 7.42. The molecule has 0 bridgehead atoms. The molecule has 4 rings (SSSR count). The van der Waals surface area contributed by atoms with Crippen molar-refractivity contribution in [3.8, 4) is 0 Å². The van der Waals surface area contributed by atoms with Gasteiger partial charge in [0.05, 0.1) is 4.87 Å². The van der Waals surface area contributed by atoms with Crippen molar-refractivity contribution < 1.29 is 4.39 Å². The zero-order valence-corrected chi connectivity index (χ0v) is 15.8. The molecule has 0 aromatic heterocycles. The molecule has 0 spiro atoms. The lowest BCUT2D eigenvalue weighted by Gasteiger charge is -2.44. The normalized spacial score (nSPS) is 21.2. The molecule has 0 saturated carbocycles. The molecule has 3 aromatic carbocycles. The van der Waals surface area contributed by atoms with Gasteiger partial charge in [-0.25, -0.2) is 4.39 Å². The summed E-state index contributed by atoms with van der Waals surface area (Å²) in [6.45, 7) is 1.99. The number of benzene rings is 3. The van der Waals surface area contributed by atoms with Crippen LogP contribution in [0.5, 0.6) is 0 Å². The van der Waals surface area contributed by atoms with Crippen LogP contribution in [0.2, 0.25) is 0 Å². The first-order valence-corrected chi connectivity index (χ1v) is 9.81. The smallest absolute Gasteiger partial charge is 0.123 e. The molecule has 1 fully saturated rings. The number of likely N-dealkylation sites (tertiary alicyclic amines) is 1. The molecule has 1 aliphatic heterocycles. The molecule has 1 nitrogen and oxygen atoms in total. The van der Waals surface area contributed by atoms with Crippen LogP contribution >= 0.6 is 12.6 Å². The van der Waals surface area contributed by atoms with Gasteiger partial charge in [0.2, 0.25) is 0 Å². The Morgan fingerprint density at radius 3 is 2.50 bits per heavy atom. The third-order valence-corrected chi connectivity index (χ3v) is 6.29. The predicted molar refractivity (Wildman–Crippen MR) is 110 cm³/mol. The van der Waals surface area contributed by atoms with Crippen molar-refractivity contribution in [2.24, 2.45) is 0 Å². The molecule has 134 valence electrons. The van der Waals surface area contributed by atoms with Crippen LogP contribution in [0.1, 0.15) is 30.4 Å². The van der Waals surface area contributed by atoms with Gasteiger partial charge in [0.1, 0.15) is 5.82 Å². The Kier molecular flexibility index (Phi) is 5.01. The first-order valence-electron chi connectivity index (χ1n) is 9.36. The van der Waals surface area contributed by atoms with Crippen LogP contribution in [-0.2, 0) is 11.3 Å². The van der Waals surface area contributed by atoms with Crippen LogP contribution in [0.25, 0.3) is 10.8 Å². The lowest BCUT2D eigenvalue weighted by atomic mass is 9.92. The molecule has 0 radical (unpaired) electrons. The molecule has 0 aliphatic carbocycles. The Bertz CT molecular complexity index is 892. The summed E-state index contributed by atoms with van der Waals surface area (Å²) in [5.74, 6) is -0.175. The van der Waals surface area contributed by atoms with E-state index in [1.165, 1.54) is 34.7 Å². The van der Waals surface area contributed by atoms with Gasteiger partial charge in [-0.15, -0.1) is 0 Å². The zero-order valence-electron chi connectivity index (χ0n) is 14.9. The van der Waals surface area contributed by atoms with Crippen molar-refractivity contribution in [1.29, 1.82) is 0 Å². The molecule has 3 heteroatoms. The van der Waals surface area contributed by atoms with Crippen LogP contribution < -0.4 is 0 Å². The zero-order chi connectivity index (χ0) is 18.0. The molecule has 0 amide bonds. The second-order valence-electron chi connectivity index (χ2n) is 7.20. The summed E-state index contributed by atoms with van der Waals surface area (Å²) in [6, 6.07) is 22.1. The summed E-state index contributed by atoms with van der Waals surface area (Å²) in [4.78, 5) is 2.26. The van der Waals surface area contributed by atoms with E-state index in [0.717, 1.165) is 25.9 Å². The van der Waals surface area contributed by atoms with Crippen LogP contribution in [-0.4, -0.2) is 18.0 Å². The van der Waals surface area contributed by atoms with Crippen LogP contribution in [0.3, 0.4) is 0 Å². The Morgan fingerprint density at radius 1 is 0.923 bits per heavy atom. The summed E-state index contributed by atoms with van der Waals surface area (Å²) < 4.78 is 13.1. The van der Waals surface area contributed by atoms with Gasteiger partial charge in [0, 0.05) is 6.54 Å². The SMILES string of the molecule is Fc1ccc(CCN2CCCCC2(S)c2ccc3ccccc3c2)cc1. The number of piperidine rings is 1. The van der Waals surface area contributed by atoms with Gasteiger partial charge in [0.25, 0.3) is 0 Å². The first-order chi connectivity index (χ1) is 12.6. The van der Waals surface area contributed by atoms with Crippen molar-refractivity contribution in [1.82, 2.24) is 4.90 Å². The monoisotopic (exact) mass is 365 g/mol. The van der Waals surface area contributed by atoms with Crippen LogP contribution in [0.4, 0.5) is 4.39 Å². The maximum absolute atomic E-state index is 13.1. The number of fused-ring (bicyclic) bond motifs is 1. The Balaban J connectivity index is 1.59. The number of halogens is 1. The van der Waals surface area contributed by atoms with Crippen LogP contribution in [0.15, 0.2) is 66.7 Å². The summed E-state index contributed by atoms with van der Waals surface area (Å²) in [5.41, 5.74) is 2.45. The van der Waals surface area contributed by atoms with Gasteiger partial charge >= 0.3 is 0 Å². The van der Waals surface area contributed by atoms with Gasteiger partial charge in [0.15, 0.2) is 0 Å². The van der Waals surface area contributed by atoms with E-state index in [2.05, 4.69) is 47.4 Å². The first kappa shape index (κ1) is 17.6. The second-order valence-corrected chi connectivity index (χ2v) is 7.94. The molecule has 1 unspecified atom stereocenters. The van der Waals surface area contributed by atoms with E-state index in [-0.39, 0.29) is 10.7 Å². The highest BCUT2D eigenvalue weighted by Crippen LogP contribution is 2.41. The van der Waals surface area contributed by atoms with Gasteiger partial charge in [-0.1, -0.05) is 48.5 Å². The Hall–Kier alpha value is -1.84. The predicted octanol–water partition coefficient (Wildman–Crippen LogP) is 5.79. The molecule has 1 heterocycles. The summed E-state index contributed by atoms with van der Waals surface area (Å²) in [6.07, 6.45) is 4.37. The minimum Gasteiger partial charge on any atom is -0.285 e. The summed E-state index contributed by atoms with van der Waals surface area (Å²) in [7, 11) is 0. The van der Waals surface area contributed by atoms with E-state index in [1.54, 1.807) is 12.1 Å². The lowest BCUT2D eigenvalue weighted by Crippen LogP contribution is -2.46. The third-order valence-electron chi connectivity index (χ3n) is 5.52. The van der Waals surface area contributed by atoms with E-state index in [4.69, 9.17) is 12.6 Å². The van der Waals surface area contributed by atoms with Gasteiger partial charge in [-0.05, 0) is 72.3 Å². The molecular formula is C23H24FNS. The van der Waals surface area contributed by atoms with E-state index in [0.29, 0.717) is 0 Å². The molecule has 26 heavy (non-hydrogen) atoms. The van der Waals surface area contributed by atoms with Crippen molar-refractivity contribution in [3.63, 3.8) is 0 Å². The van der Waals surface area contributed by atoms with E-state index in [9.17, 15) is 4.39 Å². The van der Waals surface area contributed by atoms with Crippen molar-refractivity contribution in [2.45, 2.75) is 30.6 Å². The number of thiol groups is 1. The number of nitrogens with zero attached hydrogens (tertiary/aromatic N) is 1.